The number of fused-ring (bicyclic) bond motifs is 1. The van der Waals surface area contributed by atoms with Gasteiger partial charge in [-0.3, -0.25) is 0 Å². The van der Waals surface area contributed by atoms with E-state index < -0.39 is 12.2 Å². The maximum atomic E-state index is 12.7. The molecule has 0 radical (unpaired) electrons. The van der Waals surface area contributed by atoms with Crippen molar-refractivity contribution in [2.75, 3.05) is 5.75 Å². The Kier molecular flexibility index (Phi) is 2.83. The fourth-order valence-corrected chi connectivity index (χ4v) is 2.50. The fourth-order valence-electron chi connectivity index (χ4n) is 1.65. The Labute approximate surface area is 106 Å². The van der Waals surface area contributed by atoms with Crippen LogP contribution >= 0.6 is 11.8 Å². The van der Waals surface area contributed by atoms with E-state index in [0.717, 1.165) is 16.0 Å². The molecule has 7 heteroatoms. The molecule has 0 N–H and O–H groups in total. The average Bonchev–Trinajstić information content (AvgIpc) is 2.82. The van der Waals surface area contributed by atoms with Gasteiger partial charge in [-0.05, 0) is 5.56 Å². The van der Waals surface area contributed by atoms with E-state index in [4.69, 9.17) is 0 Å². The van der Waals surface area contributed by atoms with Gasteiger partial charge in [0.1, 0.15) is 0 Å². The topological polar surface area (TPSA) is 43.1 Å². The van der Waals surface area contributed by atoms with Gasteiger partial charge in [-0.25, -0.2) is 8.78 Å². The molecule has 0 aliphatic carbocycles. The summed E-state index contributed by atoms with van der Waals surface area (Å²) in [6.45, 7) is 0. The zero-order valence-corrected chi connectivity index (χ0v) is 9.94. The summed E-state index contributed by atoms with van der Waals surface area (Å²) >= 11 is 1.36. The zero-order chi connectivity index (χ0) is 12.5. The SMILES string of the molecule is FC(F)c1nnc2n1N=C(c1ccccc1)CS2. The monoisotopic (exact) mass is 266 g/mol. The molecule has 0 spiro atoms. The third kappa shape index (κ3) is 1.90. The standard InChI is InChI=1S/C11H8F2N4S/c12-9(13)10-14-15-11-17(10)16-8(6-18-11)7-4-2-1-3-5-7/h1-5,9H,6H2. The molecule has 0 atom stereocenters. The van der Waals surface area contributed by atoms with Gasteiger partial charge in [-0.2, -0.15) is 9.78 Å². The van der Waals surface area contributed by atoms with Crippen LogP contribution in [0.5, 0.6) is 0 Å². The van der Waals surface area contributed by atoms with Crippen LogP contribution in [-0.2, 0) is 0 Å². The first-order valence-corrected chi connectivity index (χ1v) is 6.24. The minimum absolute atomic E-state index is 0.407. The summed E-state index contributed by atoms with van der Waals surface area (Å²) in [6, 6.07) is 9.47. The third-order valence-electron chi connectivity index (χ3n) is 2.50. The van der Waals surface area contributed by atoms with Crippen LogP contribution in [0.3, 0.4) is 0 Å². The van der Waals surface area contributed by atoms with Gasteiger partial charge in [0.15, 0.2) is 0 Å². The number of halogens is 2. The molecule has 1 aromatic carbocycles. The van der Waals surface area contributed by atoms with Crippen molar-refractivity contribution in [2.24, 2.45) is 5.10 Å². The summed E-state index contributed by atoms with van der Waals surface area (Å²) in [5, 5.41) is 11.8. The number of nitrogens with zero attached hydrogens (tertiary/aromatic N) is 4. The van der Waals surface area contributed by atoms with E-state index in [1.807, 2.05) is 30.3 Å². The third-order valence-corrected chi connectivity index (χ3v) is 3.43. The Morgan fingerprint density at radius 3 is 2.67 bits per heavy atom. The molecule has 0 fully saturated rings. The molecule has 92 valence electrons. The highest BCUT2D eigenvalue weighted by atomic mass is 32.2. The van der Waals surface area contributed by atoms with Crippen LogP contribution in [0, 0.1) is 0 Å². The first-order chi connectivity index (χ1) is 8.75. The van der Waals surface area contributed by atoms with Crippen molar-refractivity contribution in [3.63, 3.8) is 0 Å². The number of hydrogen-bond donors (Lipinski definition) is 0. The predicted octanol–water partition coefficient (Wildman–Crippen LogP) is 2.57. The molecular formula is C11H8F2N4S. The van der Waals surface area contributed by atoms with E-state index in [1.54, 1.807) is 0 Å². The molecule has 2 heterocycles. The van der Waals surface area contributed by atoms with Crippen molar-refractivity contribution in [3.8, 4) is 0 Å². The number of alkyl halides is 2. The second-order valence-electron chi connectivity index (χ2n) is 3.65. The lowest BCUT2D eigenvalue weighted by Gasteiger charge is -2.13. The normalized spacial score (nSPS) is 14.5. The number of thioether (sulfide) groups is 1. The van der Waals surface area contributed by atoms with Gasteiger partial charge in [-0.1, -0.05) is 42.1 Å². The summed E-state index contributed by atoms with van der Waals surface area (Å²) < 4.78 is 26.6. The smallest absolute Gasteiger partial charge is 0.201 e. The highest BCUT2D eigenvalue weighted by Gasteiger charge is 2.24. The molecule has 0 bridgehead atoms. The maximum Gasteiger partial charge on any atom is 0.299 e. The van der Waals surface area contributed by atoms with E-state index in [9.17, 15) is 8.78 Å². The molecule has 1 aromatic heterocycles. The second-order valence-corrected chi connectivity index (χ2v) is 4.60. The largest absolute Gasteiger partial charge is 0.299 e. The molecule has 1 aliphatic rings. The quantitative estimate of drug-likeness (QED) is 0.839. The van der Waals surface area contributed by atoms with E-state index in [1.165, 1.54) is 11.8 Å². The van der Waals surface area contributed by atoms with Crippen molar-refractivity contribution >= 4 is 17.5 Å². The molecule has 18 heavy (non-hydrogen) atoms. The summed E-state index contributed by atoms with van der Waals surface area (Å²) in [6.07, 6.45) is -2.68. The van der Waals surface area contributed by atoms with Crippen LogP contribution in [0.15, 0.2) is 40.6 Å². The number of benzene rings is 1. The number of aromatic nitrogens is 3. The highest BCUT2D eigenvalue weighted by molar-refractivity contribution is 7.99. The molecule has 0 saturated heterocycles. The highest BCUT2D eigenvalue weighted by Crippen LogP contribution is 2.27. The van der Waals surface area contributed by atoms with Crippen LogP contribution in [-0.4, -0.2) is 26.3 Å². The molecule has 2 aromatic rings. The molecule has 0 amide bonds. The summed E-state index contributed by atoms with van der Waals surface area (Å²) in [5.41, 5.74) is 1.67. The fraction of sp³-hybridized carbons (Fsp3) is 0.182. The molecule has 3 rings (SSSR count). The first kappa shape index (κ1) is 11.3. The van der Waals surface area contributed by atoms with Crippen LogP contribution in [0.2, 0.25) is 0 Å². The second kappa shape index (κ2) is 4.49. The lowest BCUT2D eigenvalue weighted by Crippen LogP contribution is -2.14. The Hall–Kier alpha value is -1.76. The van der Waals surface area contributed by atoms with Gasteiger partial charge < -0.3 is 0 Å². The minimum atomic E-state index is -2.68. The Bertz CT molecular complexity index is 594. The van der Waals surface area contributed by atoms with E-state index >= 15 is 0 Å². The van der Waals surface area contributed by atoms with Crippen LogP contribution in [0.1, 0.15) is 17.8 Å². The van der Waals surface area contributed by atoms with Crippen molar-refractivity contribution in [2.45, 2.75) is 11.6 Å². The number of rotatable bonds is 2. The van der Waals surface area contributed by atoms with Gasteiger partial charge in [0.05, 0.1) is 5.71 Å². The molecule has 1 aliphatic heterocycles. The lowest BCUT2D eigenvalue weighted by atomic mass is 10.1. The van der Waals surface area contributed by atoms with Crippen molar-refractivity contribution < 1.29 is 8.78 Å². The summed E-state index contributed by atoms with van der Waals surface area (Å²) in [4.78, 5) is 0. The zero-order valence-electron chi connectivity index (χ0n) is 9.12. The van der Waals surface area contributed by atoms with Crippen molar-refractivity contribution in [1.29, 1.82) is 0 Å². The molecular weight excluding hydrogens is 258 g/mol. The summed E-state index contributed by atoms with van der Waals surface area (Å²) in [5.74, 6) is 0.191. The first-order valence-electron chi connectivity index (χ1n) is 5.25. The number of hydrogen-bond acceptors (Lipinski definition) is 4. The average molecular weight is 266 g/mol. The van der Waals surface area contributed by atoms with Crippen LogP contribution < -0.4 is 0 Å². The van der Waals surface area contributed by atoms with Gasteiger partial charge in [0.25, 0.3) is 6.43 Å². The minimum Gasteiger partial charge on any atom is -0.201 e. The predicted molar refractivity (Wildman–Crippen MR) is 64.1 cm³/mol. The van der Waals surface area contributed by atoms with Crippen molar-refractivity contribution in [3.05, 3.63) is 41.7 Å². The lowest BCUT2D eigenvalue weighted by molar-refractivity contribution is 0.135. The Morgan fingerprint density at radius 2 is 1.94 bits per heavy atom. The van der Waals surface area contributed by atoms with Gasteiger partial charge in [0.2, 0.25) is 11.0 Å². The summed E-state index contributed by atoms with van der Waals surface area (Å²) in [7, 11) is 0. The Balaban J connectivity index is 2.05. The van der Waals surface area contributed by atoms with Crippen LogP contribution in [0.25, 0.3) is 0 Å². The molecule has 0 unspecified atom stereocenters. The molecule has 0 saturated carbocycles. The Morgan fingerprint density at radius 1 is 1.17 bits per heavy atom. The molecule has 4 nitrogen and oxygen atoms in total. The van der Waals surface area contributed by atoms with Gasteiger partial charge >= 0.3 is 0 Å². The van der Waals surface area contributed by atoms with Crippen molar-refractivity contribution in [1.82, 2.24) is 14.9 Å². The van der Waals surface area contributed by atoms with E-state index in [2.05, 4.69) is 15.3 Å². The maximum absolute atomic E-state index is 12.7. The van der Waals surface area contributed by atoms with E-state index in [0.29, 0.717) is 10.9 Å². The van der Waals surface area contributed by atoms with Gasteiger partial charge in [0, 0.05) is 5.75 Å². The van der Waals surface area contributed by atoms with Gasteiger partial charge in [-0.15, -0.1) is 10.2 Å². The van der Waals surface area contributed by atoms with E-state index in [-0.39, 0.29) is 0 Å². The van der Waals surface area contributed by atoms with Crippen LogP contribution in [0.4, 0.5) is 8.78 Å².